The van der Waals surface area contributed by atoms with Gasteiger partial charge in [-0.3, -0.25) is 0 Å². The zero-order chi connectivity index (χ0) is 10.6. The van der Waals surface area contributed by atoms with Gasteiger partial charge in [-0.15, -0.1) is 0 Å². The molecule has 0 spiro atoms. The molecule has 0 aromatic carbocycles. The molecule has 3 atom stereocenters. The van der Waals surface area contributed by atoms with E-state index < -0.39 is 0 Å². The minimum atomic E-state index is 0.147. The van der Waals surface area contributed by atoms with Crippen molar-refractivity contribution in [1.82, 2.24) is 5.32 Å². The Morgan fingerprint density at radius 3 is 2.79 bits per heavy atom. The molecule has 3 heteroatoms. The van der Waals surface area contributed by atoms with E-state index in [2.05, 4.69) is 19.2 Å². The average molecular weight is 200 g/mol. The molecule has 0 amide bonds. The molecule has 1 aliphatic rings. The second-order valence-electron chi connectivity index (χ2n) is 4.89. The summed E-state index contributed by atoms with van der Waals surface area (Å²) in [6, 6.07) is 0.369. The maximum absolute atomic E-state index is 8.85. The first kappa shape index (κ1) is 12.0. The number of hydrogen-bond acceptors (Lipinski definition) is 3. The molecule has 0 heterocycles. The fraction of sp³-hybridized carbons (Fsp3) is 1.00. The van der Waals surface area contributed by atoms with Gasteiger partial charge < -0.3 is 16.2 Å². The molecule has 0 radical (unpaired) electrons. The van der Waals surface area contributed by atoms with Crippen molar-refractivity contribution in [3.63, 3.8) is 0 Å². The summed E-state index contributed by atoms with van der Waals surface area (Å²) in [6.45, 7) is 5.38. The van der Waals surface area contributed by atoms with Gasteiger partial charge in [-0.05, 0) is 38.5 Å². The number of rotatable bonds is 5. The van der Waals surface area contributed by atoms with Gasteiger partial charge in [0.15, 0.2) is 0 Å². The smallest absolute Gasteiger partial charge is 0.0445 e. The number of aliphatic hydroxyl groups is 1. The first-order chi connectivity index (χ1) is 6.62. The zero-order valence-corrected chi connectivity index (χ0v) is 9.42. The predicted molar refractivity (Wildman–Crippen MR) is 59.1 cm³/mol. The summed E-state index contributed by atoms with van der Waals surface area (Å²) in [7, 11) is 0. The molecular formula is C11H24N2O. The van der Waals surface area contributed by atoms with Gasteiger partial charge in [-0.25, -0.2) is 0 Å². The Hall–Kier alpha value is -0.120. The Balaban J connectivity index is 2.45. The highest BCUT2D eigenvalue weighted by atomic mass is 16.3. The van der Waals surface area contributed by atoms with Crippen molar-refractivity contribution in [2.24, 2.45) is 11.7 Å². The maximum atomic E-state index is 8.85. The van der Waals surface area contributed by atoms with Crippen LogP contribution in [0.3, 0.4) is 0 Å². The Kier molecular flexibility index (Phi) is 4.35. The third kappa shape index (κ3) is 2.94. The predicted octanol–water partition coefficient (Wildman–Crippen LogP) is 0.864. The molecule has 0 aromatic rings. The molecule has 14 heavy (non-hydrogen) atoms. The largest absolute Gasteiger partial charge is 0.396 e. The van der Waals surface area contributed by atoms with Crippen LogP contribution < -0.4 is 11.1 Å². The van der Waals surface area contributed by atoms with Gasteiger partial charge >= 0.3 is 0 Å². The highest BCUT2D eigenvalue weighted by Gasteiger charge is 2.36. The van der Waals surface area contributed by atoms with Gasteiger partial charge in [0.1, 0.15) is 0 Å². The monoisotopic (exact) mass is 200 g/mol. The van der Waals surface area contributed by atoms with Crippen molar-refractivity contribution in [1.29, 1.82) is 0 Å². The third-order valence-electron chi connectivity index (χ3n) is 3.36. The van der Waals surface area contributed by atoms with Crippen LogP contribution in [0.1, 0.15) is 39.5 Å². The first-order valence-electron chi connectivity index (χ1n) is 5.70. The van der Waals surface area contributed by atoms with Crippen LogP contribution in [0.15, 0.2) is 0 Å². The molecule has 3 unspecified atom stereocenters. The summed E-state index contributed by atoms with van der Waals surface area (Å²) in [5.74, 6) is 0.785. The van der Waals surface area contributed by atoms with Crippen molar-refractivity contribution in [2.45, 2.75) is 51.1 Å². The van der Waals surface area contributed by atoms with E-state index in [9.17, 15) is 0 Å². The molecule has 1 saturated carbocycles. The standard InChI is InChI=1S/C11H24N2O/c1-9-3-5-11(7-9,8-12)13-10(2)4-6-14/h9-10,13-14H,3-8,12H2,1-2H3. The van der Waals surface area contributed by atoms with E-state index in [1.54, 1.807) is 0 Å². The molecule has 84 valence electrons. The number of nitrogens with one attached hydrogen (secondary N) is 1. The molecule has 1 fully saturated rings. The van der Waals surface area contributed by atoms with Crippen molar-refractivity contribution >= 4 is 0 Å². The molecule has 0 aromatic heterocycles. The average Bonchev–Trinajstić information content (AvgIpc) is 2.48. The topological polar surface area (TPSA) is 58.3 Å². The molecule has 0 bridgehead atoms. The summed E-state index contributed by atoms with van der Waals surface area (Å²) in [5.41, 5.74) is 6.00. The number of nitrogens with two attached hydrogens (primary N) is 1. The molecule has 3 nitrogen and oxygen atoms in total. The maximum Gasteiger partial charge on any atom is 0.0445 e. The van der Waals surface area contributed by atoms with Gasteiger partial charge in [-0.1, -0.05) is 6.92 Å². The highest BCUT2D eigenvalue weighted by molar-refractivity contribution is 4.97. The molecule has 1 aliphatic carbocycles. The summed E-state index contributed by atoms with van der Waals surface area (Å²) >= 11 is 0. The van der Waals surface area contributed by atoms with E-state index in [4.69, 9.17) is 10.8 Å². The summed E-state index contributed by atoms with van der Waals surface area (Å²) in [6.07, 6.45) is 4.45. The lowest BCUT2D eigenvalue weighted by Gasteiger charge is -2.32. The SMILES string of the molecule is CC1CCC(CN)(NC(C)CCO)C1. The van der Waals surface area contributed by atoms with Crippen molar-refractivity contribution in [3.05, 3.63) is 0 Å². The second kappa shape index (κ2) is 5.10. The van der Waals surface area contributed by atoms with E-state index in [1.165, 1.54) is 19.3 Å². The van der Waals surface area contributed by atoms with E-state index in [1.807, 2.05) is 0 Å². The first-order valence-corrected chi connectivity index (χ1v) is 5.70. The van der Waals surface area contributed by atoms with Gasteiger partial charge in [0.25, 0.3) is 0 Å². The van der Waals surface area contributed by atoms with E-state index in [0.29, 0.717) is 12.6 Å². The molecular weight excluding hydrogens is 176 g/mol. The lowest BCUT2D eigenvalue weighted by molar-refractivity contribution is 0.235. The van der Waals surface area contributed by atoms with Gasteiger partial charge in [0.2, 0.25) is 0 Å². The normalized spacial score (nSPS) is 34.7. The molecule has 0 aliphatic heterocycles. The summed E-state index contributed by atoms with van der Waals surface area (Å²) in [5, 5.41) is 12.4. The van der Waals surface area contributed by atoms with Crippen LogP contribution in [-0.2, 0) is 0 Å². The number of aliphatic hydroxyl groups excluding tert-OH is 1. The van der Waals surface area contributed by atoms with Crippen LogP contribution in [0.2, 0.25) is 0 Å². The second-order valence-corrected chi connectivity index (χ2v) is 4.89. The van der Waals surface area contributed by atoms with E-state index >= 15 is 0 Å². The van der Waals surface area contributed by atoms with Crippen LogP contribution in [-0.4, -0.2) is 29.8 Å². The van der Waals surface area contributed by atoms with Crippen molar-refractivity contribution < 1.29 is 5.11 Å². The number of hydrogen-bond donors (Lipinski definition) is 3. The Bertz CT molecular complexity index is 175. The van der Waals surface area contributed by atoms with Crippen LogP contribution >= 0.6 is 0 Å². The fourth-order valence-electron chi connectivity index (χ4n) is 2.56. The van der Waals surface area contributed by atoms with Gasteiger partial charge in [-0.2, -0.15) is 0 Å². The van der Waals surface area contributed by atoms with E-state index in [0.717, 1.165) is 12.3 Å². The lowest BCUT2D eigenvalue weighted by atomic mass is 9.95. The van der Waals surface area contributed by atoms with Crippen LogP contribution in [0, 0.1) is 5.92 Å². The zero-order valence-electron chi connectivity index (χ0n) is 9.42. The van der Waals surface area contributed by atoms with Crippen molar-refractivity contribution in [3.8, 4) is 0 Å². The minimum absolute atomic E-state index is 0.147. The minimum Gasteiger partial charge on any atom is -0.396 e. The Labute approximate surface area is 87.1 Å². The summed E-state index contributed by atoms with van der Waals surface area (Å²) < 4.78 is 0. The van der Waals surface area contributed by atoms with Crippen molar-refractivity contribution in [2.75, 3.05) is 13.2 Å². The van der Waals surface area contributed by atoms with E-state index in [-0.39, 0.29) is 12.1 Å². The Morgan fingerprint density at radius 2 is 2.36 bits per heavy atom. The van der Waals surface area contributed by atoms with Gasteiger partial charge in [0.05, 0.1) is 0 Å². The third-order valence-corrected chi connectivity index (χ3v) is 3.36. The van der Waals surface area contributed by atoms with Crippen LogP contribution in [0.5, 0.6) is 0 Å². The molecule has 1 rings (SSSR count). The quantitative estimate of drug-likeness (QED) is 0.617. The van der Waals surface area contributed by atoms with Gasteiger partial charge in [0, 0.05) is 24.7 Å². The molecule has 4 N–H and O–H groups in total. The van der Waals surface area contributed by atoms with Crippen LogP contribution in [0.4, 0.5) is 0 Å². The summed E-state index contributed by atoms with van der Waals surface area (Å²) in [4.78, 5) is 0. The molecule has 0 saturated heterocycles. The lowest BCUT2D eigenvalue weighted by Crippen LogP contribution is -2.53. The van der Waals surface area contributed by atoms with Crippen LogP contribution in [0.25, 0.3) is 0 Å². The highest BCUT2D eigenvalue weighted by Crippen LogP contribution is 2.33. The fourth-order valence-corrected chi connectivity index (χ4v) is 2.56. The Morgan fingerprint density at radius 1 is 1.64 bits per heavy atom.